The van der Waals surface area contributed by atoms with Crippen LogP contribution in [0.3, 0.4) is 0 Å². The van der Waals surface area contributed by atoms with Crippen LogP contribution in [0.15, 0.2) is 6.20 Å². The van der Waals surface area contributed by atoms with Crippen molar-refractivity contribution in [2.24, 2.45) is 12.8 Å². The summed E-state index contributed by atoms with van der Waals surface area (Å²) in [5.41, 5.74) is 8.69. The van der Waals surface area contributed by atoms with Crippen molar-refractivity contribution in [1.82, 2.24) is 14.7 Å². The van der Waals surface area contributed by atoms with Crippen molar-refractivity contribution in [3.8, 4) is 0 Å². The molecule has 1 aromatic rings. The molecule has 0 amide bonds. The molecule has 3 rings (SSSR count). The molecule has 0 radical (unpaired) electrons. The van der Waals surface area contributed by atoms with Crippen LogP contribution in [0.4, 0.5) is 0 Å². The number of hydrogen-bond donors (Lipinski definition) is 1. The smallest absolute Gasteiger partial charge is 0.0641 e. The van der Waals surface area contributed by atoms with Crippen LogP contribution in [0.5, 0.6) is 0 Å². The molecule has 4 nitrogen and oxygen atoms in total. The molecule has 100 valence electrons. The predicted molar refractivity (Wildman–Crippen MR) is 72.2 cm³/mol. The first-order chi connectivity index (χ1) is 8.56. The average molecular weight is 248 g/mol. The molecular weight excluding hydrogens is 224 g/mol. The second-order valence-electron chi connectivity index (χ2n) is 6.08. The van der Waals surface area contributed by atoms with Crippen LogP contribution in [0.25, 0.3) is 0 Å². The fourth-order valence-corrected chi connectivity index (χ4v) is 4.08. The van der Waals surface area contributed by atoms with Gasteiger partial charge in [0, 0.05) is 43.0 Å². The molecular formula is C14H24N4. The van der Waals surface area contributed by atoms with Crippen LogP contribution in [-0.2, 0) is 7.05 Å². The minimum atomic E-state index is 0.418. The maximum Gasteiger partial charge on any atom is 0.0641 e. The van der Waals surface area contributed by atoms with E-state index in [9.17, 15) is 0 Å². The molecule has 2 saturated heterocycles. The van der Waals surface area contributed by atoms with Gasteiger partial charge in [-0.15, -0.1) is 0 Å². The molecule has 1 aromatic heterocycles. The van der Waals surface area contributed by atoms with E-state index in [2.05, 4.69) is 30.0 Å². The van der Waals surface area contributed by atoms with Gasteiger partial charge in [0.2, 0.25) is 0 Å². The van der Waals surface area contributed by atoms with E-state index in [-0.39, 0.29) is 0 Å². The molecule has 0 spiro atoms. The zero-order chi connectivity index (χ0) is 12.9. The first-order valence-corrected chi connectivity index (χ1v) is 7.09. The van der Waals surface area contributed by atoms with Gasteiger partial charge in [-0.2, -0.15) is 5.10 Å². The lowest BCUT2D eigenvalue weighted by Crippen LogP contribution is -2.48. The van der Waals surface area contributed by atoms with Crippen molar-refractivity contribution in [1.29, 1.82) is 0 Å². The van der Waals surface area contributed by atoms with Crippen molar-refractivity contribution >= 4 is 0 Å². The molecule has 3 atom stereocenters. The van der Waals surface area contributed by atoms with Gasteiger partial charge in [-0.3, -0.25) is 9.58 Å². The molecule has 2 N–H and O–H groups in total. The Morgan fingerprint density at radius 2 is 1.94 bits per heavy atom. The molecule has 18 heavy (non-hydrogen) atoms. The summed E-state index contributed by atoms with van der Waals surface area (Å²) in [6, 6.07) is 2.27. The standard InChI is InChI=1S/C14H24N4/c1-9-14(8-17(3)16-9)10(2)18-12-4-5-13(18)7-11(15)6-12/h8,10-13H,4-7,15H2,1-3H3. The zero-order valence-corrected chi connectivity index (χ0v) is 11.6. The summed E-state index contributed by atoms with van der Waals surface area (Å²) in [6.45, 7) is 4.44. The van der Waals surface area contributed by atoms with Crippen LogP contribution in [0, 0.1) is 6.92 Å². The molecule has 4 heteroatoms. The normalized spacial score (nSPS) is 33.9. The Hall–Kier alpha value is -0.870. The van der Waals surface area contributed by atoms with E-state index >= 15 is 0 Å². The summed E-state index contributed by atoms with van der Waals surface area (Å²) < 4.78 is 1.93. The highest BCUT2D eigenvalue weighted by molar-refractivity contribution is 5.21. The summed E-state index contributed by atoms with van der Waals surface area (Å²) in [5.74, 6) is 0. The highest BCUT2D eigenvalue weighted by Crippen LogP contribution is 2.41. The number of piperidine rings is 1. The SMILES string of the molecule is Cc1nn(C)cc1C(C)N1C2CCC1CC(N)C2. The second kappa shape index (κ2) is 4.35. The van der Waals surface area contributed by atoms with Crippen molar-refractivity contribution in [3.05, 3.63) is 17.5 Å². The first kappa shape index (κ1) is 12.2. The maximum atomic E-state index is 6.15. The summed E-state index contributed by atoms with van der Waals surface area (Å²) in [5, 5.41) is 4.48. The van der Waals surface area contributed by atoms with Gasteiger partial charge in [0.25, 0.3) is 0 Å². The predicted octanol–water partition coefficient (Wildman–Crippen LogP) is 1.74. The second-order valence-corrected chi connectivity index (χ2v) is 6.08. The molecule has 2 aliphatic rings. The number of aryl methyl sites for hydroxylation is 2. The molecule has 0 saturated carbocycles. The number of rotatable bonds is 2. The number of fused-ring (bicyclic) bond motifs is 2. The summed E-state index contributed by atoms with van der Waals surface area (Å²) in [6.07, 6.45) is 7.15. The van der Waals surface area contributed by atoms with E-state index in [0.717, 1.165) is 0 Å². The number of hydrogen-bond acceptors (Lipinski definition) is 3. The third-order valence-corrected chi connectivity index (χ3v) is 4.77. The van der Waals surface area contributed by atoms with Crippen molar-refractivity contribution < 1.29 is 0 Å². The summed E-state index contributed by atoms with van der Waals surface area (Å²) in [7, 11) is 2.00. The Labute approximate surface area is 109 Å². The lowest BCUT2D eigenvalue weighted by atomic mass is 9.94. The highest BCUT2D eigenvalue weighted by Gasteiger charge is 2.42. The molecule has 2 bridgehead atoms. The van der Waals surface area contributed by atoms with Crippen LogP contribution < -0.4 is 5.73 Å². The van der Waals surface area contributed by atoms with Gasteiger partial charge in [-0.05, 0) is 39.5 Å². The molecule has 3 unspecified atom stereocenters. The minimum Gasteiger partial charge on any atom is -0.328 e. The van der Waals surface area contributed by atoms with Gasteiger partial charge in [0.1, 0.15) is 0 Å². The van der Waals surface area contributed by atoms with Crippen LogP contribution in [0.2, 0.25) is 0 Å². The largest absolute Gasteiger partial charge is 0.328 e. The van der Waals surface area contributed by atoms with E-state index in [1.165, 1.54) is 36.9 Å². The third-order valence-electron chi connectivity index (χ3n) is 4.77. The fourth-order valence-electron chi connectivity index (χ4n) is 4.08. The molecule has 2 aliphatic heterocycles. The van der Waals surface area contributed by atoms with Gasteiger partial charge in [-0.1, -0.05) is 0 Å². The Bertz CT molecular complexity index is 425. The van der Waals surface area contributed by atoms with Gasteiger partial charge < -0.3 is 5.73 Å². The molecule has 3 heterocycles. The monoisotopic (exact) mass is 248 g/mol. The number of nitrogens with zero attached hydrogens (tertiary/aromatic N) is 3. The summed E-state index contributed by atoms with van der Waals surface area (Å²) >= 11 is 0. The lowest BCUT2D eigenvalue weighted by molar-refractivity contribution is 0.0851. The molecule has 2 fully saturated rings. The van der Waals surface area contributed by atoms with Gasteiger partial charge in [0.05, 0.1) is 5.69 Å². The lowest BCUT2D eigenvalue weighted by Gasteiger charge is -2.41. The third kappa shape index (κ3) is 1.88. The Kier molecular flexibility index (Phi) is 2.94. The molecule has 0 aliphatic carbocycles. The first-order valence-electron chi connectivity index (χ1n) is 7.09. The van der Waals surface area contributed by atoms with Gasteiger partial charge in [0.15, 0.2) is 0 Å². The van der Waals surface area contributed by atoms with Crippen LogP contribution in [0.1, 0.15) is 49.9 Å². The molecule has 0 aromatic carbocycles. The van der Waals surface area contributed by atoms with E-state index < -0.39 is 0 Å². The van der Waals surface area contributed by atoms with Crippen molar-refractivity contribution in [2.45, 2.75) is 63.7 Å². The van der Waals surface area contributed by atoms with E-state index in [1.54, 1.807) is 0 Å². The van der Waals surface area contributed by atoms with Crippen molar-refractivity contribution in [2.75, 3.05) is 0 Å². The minimum absolute atomic E-state index is 0.418. The quantitative estimate of drug-likeness (QED) is 0.867. The van der Waals surface area contributed by atoms with E-state index in [1.807, 2.05) is 11.7 Å². The topological polar surface area (TPSA) is 47.1 Å². The average Bonchev–Trinajstić information content (AvgIpc) is 2.76. The van der Waals surface area contributed by atoms with Gasteiger partial charge in [-0.25, -0.2) is 0 Å². The Morgan fingerprint density at radius 1 is 1.33 bits per heavy atom. The van der Waals surface area contributed by atoms with Gasteiger partial charge >= 0.3 is 0 Å². The van der Waals surface area contributed by atoms with E-state index in [0.29, 0.717) is 24.2 Å². The van der Waals surface area contributed by atoms with Crippen LogP contribution in [-0.4, -0.2) is 32.8 Å². The number of aromatic nitrogens is 2. The van der Waals surface area contributed by atoms with Crippen LogP contribution >= 0.6 is 0 Å². The highest BCUT2D eigenvalue weighted by atomic mass is 15.3. The number of nitrogens with two attached hydrogens (primary N) is 1. The van der Waals surface area contributed by atoms with Crippen molar-refractivity contribution in [3.63, 3.8) is 0 Å². The van der Waals surface area contributed by atoms with E-state index in [4.69, 9.17) is 5.73 Å². The Morgan fingerprint density at radius 3 is 2.44 bits per heavy atom. The fraction of sp³-hybridized carbons (Fsp3) is 0.786. The zero-order valence-electron chi connectivity index (χ0n) is 11.6. The summed E-state index contributed by atoms with van der Waals surface area (Å²) in [4.78, 5) is 2.70. The maximum absolute atomic E-state index is 6.15. The Balaban J connectivity index is 1.85.